The fourth-order valence-corrected chi connectivity index (χ4v) is 1.77. The van der Waals surface area contributed by atoms with Crippen LogP contribution in [0.1, 0.15) is 16.7 Å². The highest BCUT2D eigenvalue weighted by molar-refractivity contribution is 5.96. The third-order valence-corrected chi connectivity index (χ3v) is 2.75. The van der Waals surface area contributed by atoms with Gasteiger partial charge in [-0.25, -0.2) is 4.39 Å². The summed E-state index contributed by atoms with van der Waals surface area (Å²) in [5.74, 6) is -0.230. The van der Waals surface area contributed by atoms with Gasteiger partial charge in [0, 0.05) is 5.56 Å². The van der Waals surface area contributed by atoms with Crippen LogP contribution < -0.4 is 5.73 Å². The second kappa shape index (κ2) is 7.62. The van der Waals surface area contributed by atoms with E-state index in [1.54, 1.807) is 18.2 Å². The van der Waals surface area contributed by atoms with Crippen LogP contribution in [0.2, 0.25) is 0 Å². The van der Waals surface area contributed by atoms with E-state index in [0.717, 1.165) is 11.1 Å². The molecule has 0 saturated carbocycles. The summed E-state index contributed by atoms with van der Waals surface area (Å²) in [6.45, 7) is 0.764. The molecular weight excluding hydrogens is 279 g/mol. The molecule has 0 heterocycles. The fraction of sp³-hybridized carbons (Fsp3) is 0.133. The average Bonchev–Trinajstić information content (AvgIpc) is 2.41. The Morgan fingerprint density at radius 2 is 1.70 bits per heavy atom. The first-order chi connectivity index (χ1) is 9.16. The normalized spacial score (nSPS) is 9.85. The number of hydrogen-bond acceptors (Lipinski definition) is 2. The summed E-state index contributed by atoms with van der Waals surface area (Å²) in [6, 6.07) is 13.6. The van der Waals surface area contributed by atoms with Crippen molar-refractivity contribution in [2.75, 3.05) is 0 Å². The Morgan fingerprint density at radius 1 is 1.05 bits per heavy atom. The van der Waals surface area contributed by atoms with E-state index in [9.17, 15) is 4.39 Å². The van der Waals surface area contributed by atoms with Crippen LogP contribution in [0.3, 0.4) is 0 Å². The maximum Gasteiger partial charge on any atom is 0.123 e. The van der Waals surface area contributed by atoms with E-state index in [-0.39, 0.29) is 24.1 Å². The molecule has 2 aromatic rings. The highest BCUT2D eigenvalue weighted by atomic mass is 35.5. The minimum atomic E-state index is -0.259. The number of nitrogens with one attached hydrogen (secondary N) is 1. The largest absolute Gasteiger partial charge is 0.384 e. The molecule has 106 valence electrons. The number of nitrogen functional groups attached to an aromatic ring is 1. The molecule has 2 rings (SSSR count). The van der Waals surface area contributed by atoms with Crippen molar-refractivity contribution in [1.29, 1.82) is 5.41 Å². The summed E-state index contributed by atoms with van der Waals surface area (Å²) in [5.41, 5.74) is 7.96. The Labute approximate surface area is 123 Å². The Kier molecular flexibility index (Phi) is 6.15. The Bertz CT molecular complexity index is 572. The van der Waals surface area contributed by atoms with Gasteiger partial charge in [0.25, 0.3) is 0 Å². The molecule has 0 amide bonds. The molecule has 0 bridgehead atoms. The molecule has 0 aliphatic rings. The standard InChI is InChI=1S/C15H15FN2O.ClH/c16-13-7-5-11(6-8-13)9-19-10-12-3-1-2-4-14(12)15(17)18;/h1-8H,9-10H2,(H3,17,18);1H. The van der Waals surface area contributed by atoms with Gasteiger partial charge in [0.15, 0.2) is 0 Å². The highest BCUT2D eigenvalue weighted by Gasteiger charge is 2.04. The third kappa shape index (κ3) is 4.33. The van der Waals surface area contributed by atoms with Gasteiger partial charge in [-0.05, 0) is 23.3 Å². The van der Waals surface area contributed by atoms with Crippen LogP contribution in [0.25, 0.3) is 0 Å². The van der Waals surface area contributed by atoms with Gasteiger partial charge in [0.1, 0.15) is 11.7 Å². The summed E-state index contributed by atoms with van der Waals surface area (Å²) in [4.78, 5) is 0. The molecule has 0 fully saturated rings. The fourth-order valence-electron chi connectivity index (χ4n) is 1.77. The van der Waals surface area contributed by atoms with Crippen molar-refractivity contribution in [2.24, 2.45) is 5.73 Å². The zero-order valence-electron chi connectivity index (χ0n) is 10.8. The molecule has 0 aliphatic carbocycles. The van der Waals surface area contributed by atoms with E-state index in [1.807, 2.05) is 18.2 Å². The van der Waals surface area contributed by atoms with Crippen molar-refractivity contribution in [3.8, 4) is 0 Å². The molecule has 0 aliphatic heterocycles. The van der Waals surface area contributed by atoms with Gasteiger partial charge in [0.2, 0.25) is 0 Å². The van der Waals surface area contributed by atoms with E-state index in [2.05, 4.69) is 0 Å². The minimum absolute atomic E-state index is 0. The van der Waals surface area contributed by atoms with E-state index in [1.165, 1.54) is 12.1 Å². The lowest BCUT2D eigenvalue weighted by Gasteiger charge is -2.09. The predicted octanol–water partition coefficient (Wildman–Crippen LogP) is 3.25. The van der Waals surface area contributed by atoms with Crippen molar-refractivity contribution in [3.63, 3.8) is 0 Å². The van der Waals surface area contributed by atoms with Gasteiger partial charge in [-0.3, -0.25) is 5.41 Å². The Balaban J connectivity index is 0.00000200. The van der Waals surface area contributed by atoms with Gasteiger partial charge in [-0.1, -0.05) is 36.4 Å². The number of rotatable bonds is 5. The van der Waals surface area contributed by atoms with Gasteiger partial charge >= 0.3 is 0 Å². The van der Waals surface area contributed by atoms with Crippen molar-refractivity contribution in [1.82, 2.24) is 0 Å². The first-order valence-electron chi connectivity index (χ1n) is 5.91. The SMILES string of the molecule is Cl.N=C(N)c1ccccc1COCc1ccc(F)cc1. The molecule has 3 nitrogen and oxygen atoms in total. The van der Waals surface area contributed by atoms with Crippen LogP contribution >= 0.6 is 12.4 Å². The molecule has 2 aromatic carbocycles. The van der Waals surface area contributed by atoms with Crippen LogP contribution in [0.15, 0.2) is 48.5 Å². The molecule has 0 spiro atoms. The number of hydrogen-bond donors (Lipinski definition) is 2. The van der Waals surface area contributed by atoms with Crippen LogP contribution in [0.4, 0.5) is 4.39 Å². The number of nitrogens with two attached hydrogens (primary N) is 1. The summed E-state index contributed by atoms with van der Waals surface area (Å²) in [6.07, 6.45) is 0. The van der Waals surface area contributed by atoms with Gasteiger partial charge < -0.3 is 10.5 Å². The first kappa shape index (κ1) is 16.1. The summed E-state index contributed by atoms with van der Waals surface area (Å²) in [7, 11) is 0. The first-order valence-corrected chi connectivity index (χ1v) is 5.91. The summed E-state index contributed by atoms with van der Waals surface area (Å²) in [5, 5.41) is 7.48. The number of benzene rings is 2. The molecule has 0 saturated heterocycles. The van der Waals surface area contributed by atoms with Crippen molar-refractivity contribution in [2.45, 2.75) is 13.2 Å². The van der Waals surface area contributed by atoms with E-state index < -0.39 is 0 Å². The topological polar surface area (TPSA) is 59.1 Å². The monoisotopic (exact) mass is 294 g/mol. The predicted molar refractivity (Wildman–Crippen MR) is 79.6 cm³/mol. The summed E-state index contributed by atoms with van der Waals surface area (Å²) < 4.78 is 18.3. The van der Waals surface area contributed by atoms with Crippen LogP contribution in [0, 0.1) is 11.2 Å². The van der Waals surface area contributed by atoms with Gasteiger partial charge in [-0.2, -0.15) is 0 Å². The molecule has 0 aromatic heterocycles. The maximum absolute atomic E-state index is 12.7. The Hall–Kier alpha value is -1.91. The van der Waals surface area contributed by atoms with Gasteiger partial charge in [-0.15, -0.1) is 12.4 Å². The van der Waals surface area contributed by atoms with E-state index in [4.69, 9.17) is 15.9 Å². The minimum Gasteiger partial charge on any atom is -0.384 e. The molecular formula is C15H16ClFN2O. The van der Waals surface area contributed by atoms with Crippen LogP contribution in [-0.2, 0) is 18.0 Å². The van der Waals surface area contributed by atoms with Crippen LogP contribution in [0.5, 0.6) is 0 Å². The number of amidine groups is 1. The molecule has 0 radical (unpaired) electrons. The van der Waals surface area contributed by atoms with Crippen LogP contribution in [-0.4, -0.2) is 5.84 Å². The van der Waals surface area contributed by atoms with Crippen molar-refractivity contribution >= 4 is 18.2 Å². The molecule has 0 atom stereocenters. The second-order valence-corrected chi connectivity index (χ2v) is 4.19. The lowest BCUT2D eigenvalue weighted by Crippen LogP contribution is -2.14. The number of ether oxygens (including phenoxy) is 1. The zero-order valence-corrected chi connectivity index (χ0v) is 11.6. The van der Waals surface area contributed by atoms with Crippen molar-refractivity contribution in [3.05, 3.63) is 71.0 Å². The Morgan fingerprint density at radius 3 is 2.35 bits per heavy atom. The molecule has 20 heavy (non-hydrogen) atoms. The lowest BCUT2D eigenvalue weighted by atomic mass is 10.1. The quantitative estimate of drug-likeness (QED) is 0.657. The smallest absolute Gasteiger partial charge is 0.123 e. The molecule has 5 heteroatoms. The zero-order chi connectivity index (χ0) is 13.7. The number of halogens is 2. The molecule has 3 N–H and O–H groups in total. The maximum atomic E-state index is 12.7. The highest BCUT2D eigenvalue weighted by Crippen LogP contribution is 2.11. The summed E-state index contributed by atoms with van der Waals surface area (Å²) >= 11 is 0. The molecule has 0 unspecified atom stereocenters. The third-order valence-electron chi connectivity index (χ3n) is 2.75. The van der Waals surface area contributed by atoms with E-state index in [0.29, 0.717) is 18.8 Å². The second-order valence-electron chi connectivity index (χ2n) is 4.19. The van der Waals surface area contributed by atoms with Crippen molar-refractivity contribution < 1.29 is 9.13 Å². The average molecular weight is 295 g/mol. The van der Waals surface area contributed by atoms with E-state index >= 15 is 0 Å². The lowest BCUT2D eigenvalue weighted by molar-refractivity contribution is 0.107. The van der Waals surface area contributed by atoms with Gasteiger partial charge in [0.05, 0.1) is 13.2 Å².